The first-order valence-corrected chi connectivity index (χ1v) is 8.03. The molecule has 1 aliphatic carbocycles. The standard InChI is InChI=1S/C16H20N4O4/c17-12-5-1-2-6-13(12)18-8-11-14(21)19-16(23)20(15(11)22)9-10-4-3-7-24-10/h3-4,7-8,11-13H,1-2,5-6,9,17H2,(H,19,21,23)/t11-,12+,13-/m1/s1. The monoisotopic (exact) mass is 332 g/mol. The summed E-state index contributed by atoms with van der Waals surface area (Å²) in [5, 5.41) is 2.18. The number of nitrogens with one attached hydrogen (secondary N) is 1. The molecule has 0 radical (unpaired) electrons. The number of nitrogens with zero attached hydrogens (tertiary/aromatic N) is 2. The van der Waals surface area contributed by atoms with Crippen molar-refractivity contribution in [3.05, 3.63) is 24.2 Å². The summed E-state index contributed by atoms with van der Waals surface area (Å²) in [6.45, 7) is -0.0295. The predicted octanol–water partition coefficient (Wildman–Crippen LogP) is 0.815. The van der Waals surface area contributed by atoms with Gasteiger partial charge in [-0.1, -0.05) is 12.8 Å². The van der Waals surface area contributed by atoms with Crippen molar-refractivity contribution in [2.24, 2.45) is 16.6 Å². The lowest BCUT2D eigenvalue weighted by molar-refractivity contribution is -0.139. The van der Waals surface area contributed by atoms with Crippen LogP contribution in [-0.4, -0.2) is 41.0 Å². The number of furan rings is 1. The quantitative estimate of drug-likeness (QED) is 0.625. The van der Waals surface area contributed by atoms with Crippen molar-refractivity contribution < 1.29 is 18.8 Å². The fourth-order valence-corrected chi connectivity index (χ4v) is 2.99. The number of hydrogen-bond acceptors (Lipinski definition) is 6. The number of imide groups is 2. The molecule has 3 rings (SSSR count). The Bertz CT molecular complexity index is 655. The van der Waals surface area contributed by atoms with Gasteiger partial charge >= 0.3 is 6.03 Å². The number of hydrogen-bond donors (Lipinski definition) is 2. The van der Waals surface area contributed by atoms with Crippen LogP contribution in [0, 0.1) is 5.92 Å². The summed E-state index contributed by atoms with van der Waals surface area (Å²) in [4.78, 5) is 41.7. The fraction of sp³-hybridized carbons (Fsp3) is 0.500. The number of rotatable bonds is 4. The maximum absolute atomic E-state index is 12.5. The molecule has 0 bridgehead atoms. The topological polar surface area (TPSA) is 118 Å². The van der Waals surface area contributed by atoms with E-state index in [2.05, 4.69) is 10.3 Å². The van der Waals surface area contributed by atoms with Gasteiger partial charge in [0.05, 0.1) is 18.8 Å². The molecular formula is C16H20N4O4. The minimum Gasteiger partial charge on any atom is -0.467 e. The van der Waals surface area contributed by atoms with E-state index in [4.69, 9.17) is 10.2 Å². The molecule has 2 aliphatic rings. The molecule has 3 atom stereocenters. The zero-order chi connectivity index (χ0) is 17.1. The smallest absolute Gasteiger partial charge is 0.331 e. The van der Waals surface area contributed by atoms with Gasteiger partial charge < -0.3 is 10.2 Å². The van der Waals surface area contributed by atoms with Gasteiger partial charge in [-0.15, -0.1) is 0 Å². The minimum atomic E-state index is -1.12. The van der Waals surface area contributed by atoms with Crippen LogP contribution in [0.25, 0.3) is 0 Å². The zero-order valence-corrected chi connectivity index (χ0v) is 13.2. The first-order valence-electron chi connectivity index (χ1n) is 8.03. The zero-order valence-electron chi connectivity index (χ0n) is 13.2. The van der Waals surface area contributed by atoms with Crippen molar-refractivity contribution in [3.8, 4) is 0 Å². The SMILES string of the molecule is N[C@H]1CCCC[C@H]1N=C[C@@H]1C(=O)NC(=O)N(Cc2ccco2)C1=O. The first kappa shape index (κ1) is 16.4. The molecule has 8 heteroatoms. The summed E-state index contributed by atoms with van der Waals surface area (Å²) in [5.41, 5.74) is 6.03. The van der Waals surface area contributed by atoms with Gasteiger partial charge in [-0.3, -0.25) is 24.8 Å². The summed E-state index contributed by atoms with van der Waals surface area (Å²) < 4.78 is 5.16. The number of barbiturate groups is 1. The van der Waals surface area contributed by atoms with Crippen LogP contribution in [0.1, 0.15) is 31.4 Å². The van der Waals surface area contributed by atoms with E-state index in [0.717, 1.165) is 30.6 Å². The van der Waals surface area contributed by atoms with Crippen LogP contribution < -0.4 is 11.1 Å². The van der Waals surface area contributed by atoms with Gasteiger partial charge in [0.25, 0.3) is 0 Å². The Kier molecular flexibility index (Phi) is 4.75. The lowest BCUT2D eigenvalue weighted by Crippen LogP contribution is -2.58. The van der Waals surface area contributed by atoms with E-state index in [1.807, 2.05) is 0 Å². The van der Waals surface area contributed by atoms with Gasteiger partial charge in [0.1, 0.15) is 5.76 Å². The van der Waals surface area contributed by atoms with Crippen LogP contribution in [0.2, 0.25) is 0 Å². The fourth-order valence-electron chi connectivity index (χ4n) is 2.99. The Morgan fingerprint density at radius 3 is 2.83 bits per heavy atom. The Balaban J connectivity index is 1.72. The van der Waals surface area contributed by atoms with E-state index in [-0.39, 0.29) is 18.6 Å². The highest BCUT2D eigenvalue weighted by Gasteiger charge is 2.40. The van der Waals surface area contributed by atoms with Crippen LogP contribution in [0.15, 0.2) is 27.8 Å². The maximum atomic E-state index is 12.5. The molecule has 4 amide bonds. The van der Waals surface area contributed by atoms with Gasteiger partial charge in [-0.25, -0.2) is 4.79 Å². The van der Waals surface area contributed by atoms with Crippen LogP contribution in [0.4, 0.5) is 4.79 Å². The lowest BCUT2D eigenvalue weighted by atomic mass is 9.91. The second-order valence-corrected chi connectivity index (χ2v) is 6.09. The van der Waals surface area contributed by atoms with Gasteiger partial charge in [0.15, 0.2) is 5.92 Å². The van der Waals surface area contributed by atoms with E-state index in [1.54, 1.807) is 12.1 Å². The molecule has 8 nitrogen and oxygen atoms in total. The molecule has 0 unspecified atom stereocenters. The van der Waals surface area contributed by atoms with Crippen molar-refractivity contribution in [1.82, 2.24) is 10.2 Å². The Hall–Kier alpha value is -2.48. The van der Waals surface area contributed by atoms with E-state index in [9.17, 15) is 14.4 Å². The number of nitrogens with two attached hydrogens (primary N) is 1. The highest BCUT2D eigenvalue weighted by Crippen LogP contribution is 2.20. The molecule has 0 aromatic carbocycles. The number of amides is 4. The molecule has 1 aromatic heterocycles. The summed E-state index contributed by atoms with van der Waals surface area (Å²) >= 11 is 0. The molecule has 24 heavy (non-hydrogen) atoms. The van der Waals surface area contributed by atoms with Crippen LogP contribution in [0.3, 0.4) is 0 Å². The highest BCUT2D eigenvalue weighted by molar-refractivity contribution is 6.23. The largest absolute Gasteiger partial charge is 0.467 e. The first-order chi connectivity index (χ1) is 11.6. The van der Waals surface area contributed by atoms with Crippen molar-refractivity contribution in [2.75, 3.05) is 0 Å². The van der Waals surface area contributed by atoms with Gasteiger partial charge in [0, 0.05) is 12.3 Å². The second kappa shape index (κ2) is 6.96. The lowest BCUT2D eigenvalue weighted by Gasteiger charge is -2.29. The average molecular weight is 332 g/mol. The summed E-state index contributed by atoms with van der Waals surface area (Å²) in [6.07, 6.45) is 6.61. The van der Waals surface area contributed by atoms with Crippen molar-refractivity contribution in [2.45, 2.75) is 44.3 Å². The molecule has 3 N–H and O–H groups in total. The molecule has 2 fully saturated rings. The van der Waals surface area contributed by atoms with Crippen molar-refractivity contribution in [3.63, 3.8) is 0 Å². The number of aliphatic imine (C=N–C) groups is 1. The normalized spacial score (nSPS) is 28.5. The van der Waals surface area contributed by atoms with Gasteiger partial charge in [-0.2, -0.15) is 0 Å². The molecule has 1 aliphatic heterocycles. The molecule has 128 valence electrons. The van der Waals surface area contributed by atoms with Crippen molar-refractivity contribution >= 4 is 24.1 Å². The Morgan fingerprint density at radius 1 is 1.33 bits per heavy atom. The summed E-state index contributed by atoms with van der Waals surface area (Å²) in [7, 11) is 0. The van der Waals surface area contributed by atoms with Gasteiger partial charge in [0.2, 0.25) is 11.8 Å². The molecular weight excluding hydrogens is 312 g/mol. The predicted molar refractivity (Wildman–Crippen MR) is 85.0 cm³/mol. The van der Waals surface area contributed by atoms with E-state index in [1.165, 1.54) is 12.5 Å². The highest BCUT2D eigenvalue weighted by atomic mass is 16.3. The van der Waals surface area contributed by atoms with Crippen molar-refractivity contribution in [1.29, 1.82) is 0 Å². The van der Waals surface area contributed by atoms with Gasteiger partial charge in [-0.05, 0) is 25.0 Å². The third-order valence-corrected chi connectivity index (χ3v) is 4.39. The molecule has 1 saturated carbocycles. The maximum Gasteiger partial charge on any atom is 0.331 e. The third-order valence-electron chi connectivity index (χ3n) is 4.39. The molecule has 0 spiro atoms. The summed E-state index contributed by atoms with van der Waals surface area (Å²) in [6, 6.07) is 2.42. The summed E-state index contributed by atoms with van der Waals surface area (Å²) in [5.74, 6) is -1.92. The van der Waals surface area contributed by atoms with E-state index in [0.29, 0.717) is 5.76 Å². The van der Waals surface area contributed by atoms with Crippen LogP contribution >= 0.6 is 0 Å². The molecule has 2 heterocycles. The second-order valence-electron chi connectivity index (χ2n) is 6.09. The molecule has 1 saturated heterocycles. The van der Waals surface area contributed by atoms with E-state index >= 15 is 0 Å². The van der Waals surface area contributed by atoms with Crippen LogP contribution in [0.5, 0.6) is 0 Å². The third kappa shape index (κ3) is 3.38. The average Bonchev–Trinajstić information content (AvgIpc) is 3.06. The Labute approximate surface area is 139 Å². The number of urea groups is 1. The number of carbonyl (C=O) groups is 3. The minimum absolute atomic E-state index is 0.0295. The van der Waals surface area contributed by atoms with E-state index < -0.39 is 23.8 Å². The number of carbonyl (C=O) groups excluding carboxylic acids is 3. The molecule has 1 aromatic rings. The Morgan fingerprint density at radius 2 is 2.12 bits per heavy atom. The van der Waals surface area contributed by atoms with Crippen LogP contribution in [-0.2, 0) is 16.1 Å².